The molecule has 2 heterocycles. The van der Waals surface area contributed by atoms with E-state index in [2.05, 4.69) is 19.9 Å². The minimum absolute atomic E-state index is 0.124. The Balaban J connectivity index is 2.41. The van der Waals surface area contributed by atoms with Crippen molar-refractivity contribution in [3.63, 3.8) is 0 Å². The Labute approximate surface area is 92.6 Å². The SMILES string of the molecule is CCOc1nc(N)nc(-c2ccccn2)n1. The number of nitrogen functional groups attached to an aromatic ring is 1. The first kappa shape index (κ1) is 10.3. The summed E-state index contributed by atoms with van der Waals surface area (Å²) in [6.45, 7) is 2.32. The van der Waals surface area contributed by atoms with Gasteiger partial charge >= 0.3 is 6.01 Å². The van der Waals surface area contributed by atoms with Gasteiger partial charge in [-0.05, 0) is 19.1 Å². The first-order chi connectivity index (χ1) is 7.79. The summed E-state index contributed by atoms with van der Waals surface area (Å²) in [6.07, 6.45) is 1.66. The summed E-state index contributed by atoms with van der Waals surface area (Å²) in [7, 11) is 0. The number of nitrogens with zero attached hydrogens (tertiary/aromatic N) is 4. The van der Waals surface area contributed by atoms with E-state index in [9.17, 15) is 0 Å². The molecule has 0 aromatic carbocycles. The summed E-state index contributed by atoms with van der Waals surface area (Å²) in [5.74, 6) is 0.538. The molecule has 0 aliphatic rings. The summed E-state index contributed by atoms with van der Waals surface area (Å²) < 4.78 is 5.18. The number of nitrogens with two attached hydrogens (primary N) is 1. The molecular weight excluding hydrogens is 206 g/mol. The van der Waals surface area contributed by atoms with Gasteiger partial charge in [-0.2, -0.15) is 15.0 Å². The molecule has 2 aromatic heterocycles. The molecule has 16 heavy (non-hydrogen) atoms. The van der Waals surface area contributed by atoms with Crippen LogP contribution in [-0.4, -0.2) is 26.5 Å². The van der Waals surface area contributed by atoms with E-state index in [4.69, 9.17) is 10.5 Å². The van der Waals surface area contributed by atoms with Crippen molar-refractivity contribution >= 4 is 5.95 Å². The number of anilines is 1. The van der Waals surface area contributed by atoms with Gasteiger partial charge in [0, 0.05) is 6.20 Å². The second-order valence-electron chi connectivity index (χ2n) is 2.95. The molecule has 82 valence electrons. The first-order valence-corrected chi connectivity index (χ1v) is 4.85. The van der Waals surface area contributed by atoms with Gasteiger partial charge in [-0.1, -0.05) is 6.07 Å². The van der Waals surface area contributed by atoms with Crippen molar-refractivity contribution in [3.8, 4) is 17.5 Å². The highest BCUT2D eigenvalue weighted by Gasteiger charge is 2.07. The van der Waals surface area contributed by atoms with Crippen LogP contribution < -0.4 is 10.5 Å². The molecule has 0 aliphatic carbocycles. The standard InChI is InChI=1S/C10H11N5O/c1-2-16-10-14-8(13-9(11)15-10)7-5-3-4-6-12-7/h3-6H,2H2,1H3,(H2,11,13,14,15). The van der Waals surface area contributed by atoms with Gasteiger partial charge in [-0.15, -0.1) is 0 Å². The third-order valence-corrected chi connectivity index (χ3v) is 1.80. The average molecular weight is 217 g/mol. The van der Waals surface area contributed by atoms with Crippen LogP contribution >= 0.6 is 0 Å². The van der Waals surface area contributed by atoms with E-state index >= 15 is 0 Å². The van der Waals surface area contributed by atoms with Crippen LogP contribution in [0.15, 0.2) is 24.4 Å². The fourth-order valence-corrected chi connectivity index (χ4v) is 1.18. The summed E-state index contributed by atoms with van der Waals surface area (Å²) in [6, 6.07) is 5.68. The molecule has 0 fully saturated rings. The minimum atomic E-state index is 0.124. The zero-order chi connectivity index (χ0) is 11.4. The minimum Gasteiger partial charge on any atom is -0.464 e. The van der Waals surface area contributed by atoms with Crippen molar-refractivity contribution < 1.29 is 4.74 Å². The van der Waals surface area contributed by atoms with E-state index in [1.54, 1.807) is 12.3 Å². The summed E-state index contributed by atoms with van der Waals surface area (Å²) >= 11 is 0. The first-order valence-electron chi connectivity index (χ1n) is 4.85. The van der Waals surface area contributed by atoms with Crippen LogP contribution in [0.25, 0.3) is 11.5 Å². The number of hydrogen-bond acceptors (Lipinski definition) is 6. The molecule has 0 spiro atoms. The van der Waals surface area contributed by atoms with Crippen LogP contribution in [-0.2, 0) is 0 Å². The van der Waals surface area contributed by atoms with E-state index in [0.717, 1.165) is 0 Å². The second kappa shape index (κ2) is 4.52. The summed E-state index contributed by atoms with van der Waals surface area (Å²) in [5, 5.41) is 0. The van der Waals surface area contributed by atoms with Crippen LogP contribution in [0.2, 0.25) is 0 Å². The monoisotopic (exact) mass is 217 g/mol. The predicted octanol–water partition coefficient (Wildman–Crippen LogP) is 0.914. The quantitative estimate of drug-likeness (QED) is 0.822. The molecule has 0 saturated heterocycles. The Morgan fingerprint density at radius 3 is 2.81 bits per heavy atom. The third kappa shape index (κ3) is 2.22. The largest absolute Gasteiger partial charge is 0.464 e. The Morgan fingerprint density at radius 1 is 1.25 bits per heavy atom. The van der Waals surface area contributed by atoms with E-state index in [1.165, 1.54) is 0 Å². The zero-order valence-corrected chi connectivity index (χ0v) is 8.79. The predicted molar refractivity (Wildman–Crippen MR) is 58.6 cm³/mol. The highest BCUT2D eigenvalue weighted by molar-refractivity contribution is 5.50. The fourth-order valence-electron chi connectivity index (χ4n) is 1.18. The molecule has 0 saturated carbocycles. The van der Waals surface area contributed by atoms with E-state index in [0.29, 0.717) is 18.1 Å². The number of aromatic nitrogens is 4. The molecule has 0 aliphatic heterocycles. The second-order valence-corrected chi connectivity index (χ2v) is 2.95. The van der Waals surface area contributed by atoms with E-state index in [-0.39, 0.29) is 12.0 Å². The summed E-state index contributed by atoms with van der Waals surface area (Å²) in [4.78, 5) is 16.1. The fraction of sp³-hybridized carbons (Fsp3) is 0.200. The zero-order valence-electron chi connectivity index (χ0n) is 8.79. The van der Waals surface area contributed by atoms with Crippen molar-refractivity contribution in [2.75, 3.05) is 12.3 Å². The van der Waals surface area contributed by atoms with Crippen molar-refractivity contribution in [2.45, 2.75) is 6.92 Å². The molecule has 0 amide bonds. The molecule has 0 unspecified atom stereocenters. The molecule has 0 bridgehead atoms. The summed E-state index contributed by atoms with van der Waals surface area (Å²) in [5.41, 5.74) is 6.19. The van der Waals surface area contributed by atoms with Gasteiger partial charge < -0.3 is 10.5 Å². The van der Waals surface area contributed by atoms with Crippen LogP contribution in [0.1, 0.15) is 6.92 Å². The molecule has 6 heteroatoms. The Kier molecular flexibility index (Phi) is 2.90. The average Bonchev–Trinajstić information content (AvgIpc) is 2.30. The Morgan fingerprint density at radius 2 is 2.12 bits per heavy atom. The number of pyridine rings is 1. The number of ether oxygens (including phenoxy) is 1. The maximum Gasteiger partial charge on any atom is 0.321 e. The lowest BCUT2D eigenvalue weighted by Gasteiger charge is -2.03. The van der Waals surface area contributed by atoms with E-state index < -0.39 is 0 Å². The maximum atomic E-state index is 5.56. The lowest BCUT2D eigenvalue weighted by Crippen LogP contribution is -2.05. The molecule has 0 radical (unpaired) electrons. The molecule has 2 rings (SSSR count). The Hall–Kier alpha value is -2.24. The third-order valence-electron chi connectivity index (χ3n) is 1.80. The van der Waals surface area contributed by atoms with Crippen molar-refractivity contribution in [2.24, 2.45) is 0 Å². The van der Waals surface area contributed by atoms with Crippen molar-refractivity contribution in [1.82, 2.24) is 19.9 Å². The van der Waals surface area contributed by atoms with Gasteiger partial charge in [0.1, 0.15) is 5.69 Å². The number of rotatable bonds is 3. The van der Waals surface area contributed by atoms with Gasteiger partial charge in [-0.25, -0.2) is 0 Å². The van der Waals surface area contributed by atoms with Gasteiger partial charge in [-0.3, -0.25) is 4.98 Å². The van der Waals surface area contributed by atoms with Crippen LogP contribution in [0.5, 0.6) is 6.01 Å². The molecule has 2 N–H and O–H groups in total. The van der Waals surface area contributed by atoms with Gasteiger partial charge in [0.15, 0.2) is 5.82 Å². The lowest BCUT2D eigenvalue weighted by molar-refractivity contribution is 0.312. The normalized spacial score (nSPS) is 10.1. The van der Waals surface area contributed by atoms with Gasteiger partial charge in [0.05, 0.1) is 6.61 Å². The van der Waals surface area contributed by atoms with Crippen LogP contribution in [0.3, 0.4) is 0 Å². The maximum absolute atomic E-state index is 5.56. The van der Waals surface area contributed by atoms with Crippen LogP contribution in [0.4, 0.5) is 5.95 Å². The topological polar surface area (TPSA) is 86.8 Å². The van der Waals surface area contributed by atoms with Crippen molar-refractivity contribution in [3.05, 3.63) is 24.4 Å². The number of hydrogen-bond donors (Lipinski definition) is 1. The lowest BCUT2D eigenvalue weighted by atomic mass is 10.3. The van der Waals surface area contributed by atoms with Gasteiger partial charge in [0.2, 0.25) is 5.95 Å². The molecular formula is C10H11N5O. The molecule has 6 nitrogen and oxygen atoms in total. The van der Waals surface area contributed by atoms with Gasteiger partial charge in [0.25, 0.3) is 0 Å². The highest BCUT2D eigenvalue weighted by atomic mass is 16.5. The molecule has 0 atom stereocenters. The highest BCUT2D eigenvalue weighted by Crippen LogP contribution is 2.14. The van der Waals surface area contributed by atoms with Crippen LogP contribution in [0, 0.1) is 0 Å². The van der Waals surface area contributed by atoms with Crippen molar-refractivity contribution in [1.29, 1.82) is 0 Å². The molecule has 2 aromatic rings. The van der Waals surface area contributed by atoms with E-state index in [1.807, 2.05) is 19.1 Å². The smallest absolute Gasteiger partial charge is 0.321 e. The Bertz CT molecular complexity index is 474.